The van der Waals surface area contributed by atoms with Crippen LogP contribution in [0.2, 0.25) is 0 Å². The summed E-state index contributed by atoms with van der Waals surface area (Å²) in [5.41, 5.74) is 1.31. The Labute approximate surface area is 104 Å². The van der Waals surface area contributed by atoms with Crippen LogP contribution in [-0.2, 0) is 0 Å². The van der Waals surface area contributed by atoms with Crippen LogP contribution < -0.4 is 10.1 Å². The molecule has 0 bridgehead atoms. The predicted molar refractivity (Wildman–Crippen MR) is 71.3 cm³/mol. The molecular formula is C15H23NO. The summed E-state index contributed by atoms with van der Waals surface area (Å²) in [6.45, 7) is 7.68. The number of nitrogens with one attached hydrogen (secondary N) is 1. The third kappa shape index (κ3) is 3.01. The Hall–Kier alpha value is -1.02. The largest absolute Gasteiger partial charge is 0.490 e. The number of fused-ring (bicyclic) bond motifs is 1. The maximum atomic E-state index is 6.08. The van der Waals surface area contributed by atoms with E-state index in [0.29, 0.717) is 18.1 Å². The molecule has 0 spiro atoms. The van der Waals surface area contributed by atoms with Crippen LogP contribution in [0.15, 0.2) is 24.3 Å². The topological polar surface area (TPSA) is 21.3 Å². The van der Waals surface area contributed by atoms with Crippen LogP contribution in [0.5, 0.6) is 5.75 Å². The molecule has 1 aromatic rings. The highest BCUT2D eigenvalue weighted by atomic mass is 16.5. The van der Waals surface area contributed by atoms with E-state index < -0.39 is 0 Å². The lowest BCUT2D eigenvalue weighted by Crippen LogP contribution is -2.33. The second-order valence-corrected chi connectivity index (χ2v) is 5.25. The molecule has 0 amide bonds. The number of para-hydroxylation sites is 1. The Morgan fingerprint density at radius 1 is 1.35 bits per heavy atom. The Morgan fingerprint density at radius 3 is 2.82 bits per heavy atom. The molecule has 0 saturated heterocycles. The fourth-order valence-corrected chi connectivity index (χ4v) is 2.60. The van der Waals surface area contributed by atoms with Gasteiger partial charge < -0.3 is 10.1 Å². The number of hydrogen-bond donors (Lipinski definition) is 1. The standard InChI is InChI=1S/C15H23NO/c1-4-16-14-10-12(9-11(2)3)17-15-8-6-5-7-13(14)15/h5-8,11-12,14,16H,4,9-10H2,1-3H3. The van der Waals surface area contributed by atoms with Crippen molar-refractivity contribution in [1.82, 2.24) is 5.32 Å². The van der Waals surface area contributed by atoms with E-state index in [4.69, 9.17) is 4.74 Å². The van der Waals surface area contributed by atoms with E-state index >= 15 is 0 Å². The van der Waals surface area contributed by atoms with Crippen LogP contribution in [0.3, 0.4) is 0 Å². The van der Waals surface area contributed by atoms with Gasteiger partial charge in [0.2, 0.25) is 0 Å². The molecule has 2 rings (SSSR count). The lowest BCUT2D eigenvalue weighted by molar-refractivity contribution is 0.128. The molecule has 17 heavy (non-hydrogen) atoms. The van der Waals surface area contributed by atoms with Crippen LogP contribution in [-0.4, -0.2) is 12.6 Å². The van der Waals surface area contributed by atoms with E-state index in [9.17, 15) is 0 Å². The van der Waals surface area contributed by atoms with Gasteiger partial charge in [-0.15, -0.1) is 0 Å². The van der Waals surface area contributed by atoms with Gasteiger partial charge in [0.25, 0.3) is 0 Å². The van der Waals surface area contributed by atoms with E-state index in [2.05, 4.69) is 50.4 Å². The second-order valence-electron chi connectivity index (χ2n) is 5.25. The zero-order valence-corrected chi connectivity index (χ0v) is 11.1. The molecule has 1 heterocycles. The van der Waals surface area contributed by atoms with Crippen molar-refractivity contribution in [2.45, 2.75) is 45.8 Å². The van der Waals surface area contributed by atoms with Crippen molar-refractivity contribution in [1.29, 1.82) is 0 Å². The van der Waals surface area contributed by atoms with E-state index in [1.54, 1.807) is 0 Å². The van der Waals surface area contributed by atoms with Gasteiger partial charge in [0.15, 0.2) is 0 Å². The van der Waals surface area contributed by atoms with Gasteiger partial charge in [0.05, 0.1) is 0 Å². The Bertz CT molecular complexity index is 362. The van der Waals surface area contributed by atoms with Crippen LogP contribution in [0.1, 0.15) is 45.2 Å². The smallest absolute Gasteiger partial charge is 0.124 e. The van der Waals surface area contributed by atoms with E-state index in [-0.39, 0.29) is 0 Å². The molecule has 94 valence electrons. The molecule has 2 heteroatoms. The van der Waals surface area contributed by atoms with Gasteiger partial charge in [-0.3, -0.25) is 0 Å². The highest BCUT2D eigenvalue weighted by Gasteiger charge is 2.27. The first-order chi connectivity index (χ1) is 8.20. The molecule has 1 aliphatic rings. The van der Waals surface area contributed by atoms with Crippen molar-refractivity contribution in [2.75, 3.05) is 6.54 Å². The van der Waals surface area contributed by atoms with Crippen molar-refractivity contribution in [3.8, 4) is 5.75 Å². The summed E-state index contributed by atoms with van der Waals surface area (Å²) < 4.78 is 6.08. The SMILES string of the molecule is CCNC1CC(CC(C)C)Oc2ccccc21. The first kappa shape index (κ1) is 12.4. The molecule has 0 aromatic heterocycles. The van der Waals surface area contributed by atoms with Gasteiger partial charge in [-0.05, 0) is 24.9 Å². The van der Waals surface area contributed by atoms with Gasteiger partial charge in [-0.1, -0.05) is 39.0 Å². The molecule has 1 N–H and O–H groups in total. The van der Waals surface area contributed by atoms with Crippen molar-refractivity contribution in [3.63, 3.8) is 0 Å². The quantitative estimate of drug-likeness (QED) is 0.859. The maximum absolute atomic E-state index is 6.08. The van der Waals surface area contributed by atoms with E-state index in [1.165, 1.54) is 5.56 Å². The van der Waals surface area contributed by atoms with Gasteiger partial charge in [0, 0.05) is 18.0 Å². The summed E-state index contributed by atoms with van der Waals surface area (Å²) in [5.74, 6) is 1.75. The third-order valence-corrected chi connectivity index (χ3v) is 3.27. The lowest BCUT2D eigenvalue weighted by atomic mass is 9.92. The molecule has 0 radical (unpaired) electrons. The van der Waals surface area contributed by atoms with Gasteiger partial charge >= 0.3 is 0 Å². The van der Waals surface area contributed by atoms with Crippen molar-refractivity contribution >= 4 is 0 Å². The second kappa shape index (κ2) is 5.54. The highest BCUT2D eigenvalue weighted by molar-refractivity contribution is 5.37. The lowest BCUT2D eigenvalue weighted by Gasteiger charge is -2.33. The average molecular weight is 233 g/mol. The molecule has 0 aliphatic carbocycles. The summed E-state index contributed by atoms with van der Waals surface area (Å²) >= 11 is 0. The zero-order chi connectivity index (χ0) is 12.3. The van der Waals surface area contributed by atoms with Crippen LogP contribution >= 0.6 is 0 Å². The van der Waals surface area contributed by atoms with Gasteiger partial charge in [-0.2, -0.15) is 0 Å². The minimum absolute atomic E-state index is 0.356. The Kier molecular flexibility index (Phi) is 4.06. The van der Waals surface area contributed by atoms with Gasteiger partial charge in [-0.25, -0.2) is 0 Å². The summed E-state index contributed by atoms with van der Waals surface area (Å²) in [7, 11) is 0. The predicted octanol–water partition coefficient (Wildman–Crippen LogP) is 3.53. The van der Waals surface area contributed by atoms with Crippen LogP contribution in [0, 0.1) is 5.92 Å². The van der Waals surface area contributed by atoms with Crippen LogP contribution in [0.4, 0.5) is 0 Å². The number of ether oxygens (including phenoxy) is 1. The number of hydrogen-bond acceptors (Lipinski definition) is 2. The molecule has 2 nitrogen and oxygen atoms in total. The number of rotatable bonds is 4. The monoisotopic (exact) mass is 233 g/mol. The molecule has 1 aliphatic heterocycles. The molecular weight excluding hydrogens is 210 g/mol. The molecule has 1 aromatic carbocycles. The van der Waals surface area contributed by atoms with E-state index in [1.807, 2.05) is 0 Å². The summed E-state index contributed by atoms with van der Waals surface area (Å²) in [6, 6.07) is 8.86. The van der Waals surface area contributed by atoms with Gasteiger partial charge in [0.1, 0.15) is 11.9 Å². The first-order valence-electron chi connectivity index (χ1n) is 6.69. The fraction of sp³-hybridized carbons (Fsp3) is 0.600. The summed E-state index contributed by atoms with van der Waals surface area (Å²) in [5, 5.41) is 3.56. The maximum Gasteiger partial charge on any atom is 0.124 e. The molecule has 0 saturated carbocycles. The molecule has 2 unspecified atom stereocenters. The average Bonchev–Trinajstić information content (AvgIpc) is 2.28. The fourth-order valence-electron chi connectivity index (χ4n) is 2.60. The molecule has 2 atom stereocenters. The minimum Gasteiger partial charge on any atom is -0.490 e. The minimum atomic E-state index is 0.356. The Balaban J connectivity index is 2.17. The van der Waals surface area contributed by atoms with Crippen molar-refractivity contribution in [3.05, 3.63) is 29.8 Å². The van der Waals surface area contributed by atoms with Crippen molar-refractivity contribution < 1.29 is 4.74 Å². The summed E-state index contributed by atoms with van der Waals surface area (Å²) in [4.78, 5) is 0. The van der Waals surface area contributed by atoms with Crippen molar-refractivity contribution in [2.24, 2.45) is 5.92 Å². The zero-order valence-electron chi connectivity index (χ0n) is 11.1. The third-order valence-electron chi connectivity index (χ3n) is 3.27. The van der Waals surface area contributed by atoms with Crippen LogP contribution in [0.25, 0.3) is 0 Å². The molecule has 0 fully saturated rings. The normalized spacial score (nSPS) is 23.3. The summed E-state index contributed by atoms with van der Waals surface area (Å²) in [6.07, 6.45) is 2.58. The Morgan fingerprint density at radius 2 is 2.12 bits per heavy atom. The number of benzene rings is 1. The van der Waals surface area contributed by atoms with E-state index in [0.717, 1.165) is 25.1 Å². The highest BCUT2D eigenvalue weighted by Crippen LogP contribution is 2.36. The first-order valence-corrected chi connectivity index (χ1v) is 6.69.